The first-order chi connectivity index (χ1) is 5.72. The van der Waals surface area contributed by atoms with Crippen LogP contribution < -0.4 is 5.73 Å². The number of nitrogens with two attached hydrogens (primary N) is 1. The molecule has 1 aromatic rings. The summed E-state index contributed by atoms with van der Waals surface area (Å²) in [6, 6.07) is 0. The van der Waals surface area contributed by atoms with Crippen molar-refractivity contribution in [2.45, 2.75) is 26.7 Å². The van der Waals surface area contributed by atoms with E-state index >= 15 is 0 Å². The van der Waals surface area contributed by atoms with E-state index in [1.807, 2.05) is 0 Å². The molecule has 0 aliphatic carbocycles. The molecule has 0 aromatic carbocycles. The zero-order valence-electron chi connectivity index (χ0n) is 7.58. The third kappa shape index (κ3) is 2.87. The highest BCUT2D eigenvalue weighted by atomic mass is 32.1. The van der Waals surface area contributed by atoms with Crippen molar-refractivity contribution in [1.82, 2.24) is 9.36 Å². The Morgan fingerprint density at radius 3 is 2.83 bits per heavy atom. The van der Waals surface area contributed by atoms with E-state index in [0.717, 1.165) is 23.7 Å². The largest absolute Gasteiger partial charge is 0.330 e. The zero-order valence-corrected chi connectivity index (χ0v) is 8.40. The molecule has 0 saturated heterocycles. The van der Waals surface area contributed by atoms with Crippen molar-refractivity contribution < 1.29 is 0 Å². The summed E-state index contributed by atoms with van der Waals surface area (Å²) in [6.07, 6.45) is 1.83. The molecule has 0 aliphatic rings. The molecule has 1 heterocycles. The van der Waals surface area contributed by atoms with Crippen LogP contribution in [-0.4, -0.2) is 15.9 Å². The van der Waals surface area contributed by atoms with Crippen LogP contribution in [0.15, 0.2) is 0 Å². The van der Waals surface area contributed by atoms with E-state index in [0.29, 0.717) is 12.5 Å². The van der Waals surface area contributed by atoms with Crippen molar-refractivity contribution in [3.05, 3.63) is 10.8 Å². The van der Waals surface area contributed by atoms with Gasteiger partial charge in [-0.15, -0.1) is 0 Å². The number of nitrogens with zero attached hydrogens (tertiary/aromatic N) is 2. The minimum atomic E-state index is 0.637. The highest BCUT2D eigenvalue weighted by Gasteiger charge is 2.04. The fourth-order valence-electron chi connectivity index (χ4n) is 0.953. The molecule has 0 radical (unpaired) electrons. The van der Waals surface area contributed by atoms with Gasteiger partial charge in [-0.2, -0.15) is 4.37 Å². The third-order valence-electron chi connectivity index (χ3n) is 1.46. The average Bonchev–Trinajstić information content (AvgIpc) is 2.36. The topological polar surface area (TPSA) is 51.8 Å². The van der Waals surface area contributed by atoms with Gasteiger partial charge in [-0.3, -0.25) is 0 Å². The Bertz CT molecular complexity index is 232. The molecule has 0 bridgehead atoms. The first kappa shape index (κ1) is 9.61. The lowest BCUT2D eigenvalue weighted by Crippen LogP contribution is -2.04. The number of hydrogen-bond donors (Lipinski definition) is 1. The molecule has 0 spiro atoms. The predicted octanol–water partition coefficient (Wildman–Crippen LogP) is 1.24. The standard InChI is InChI=1S/C8H15N3S/c1-6(2)5-8-10-7(3-4-9)11-12-8/h6H,3-5,9H2,1-2H3. The van der Waals surface area contributed by atoms with E-state index in [1.54, 1.807) is 0 Å². The summed E-state index contributed by atoms with van der Waals surface area (Å²) in [4.78, 5) is 4.37. The molecule has 4 heteroatoms. The zero-order chi connectivity index (χ0) is 8.97. The maximum atomic E-state index is 5.40. The number of hydrogen-bond acceptors (Lipinski definition) is 4. The van der Waals surface area contributed by atoms with Crippen LogP contribution in [0.4, 0.5) is 0 Å². The lowest BCUT2D eigenvalue weighted by molar-refractivity contribution is 0.642. The quantitative estimate of drug-likeness (QED) is 0.767. The molecule has 68 valence electrons. The summed E-state index contributed by atoms with van der Waals surface area (Å²) in [5.74, 6) is 1.56. The van der Waals surface area contributed by atoms with Gasteiger partial charge < -0.3 is 5.73 Å². The van der Waals surface area contributed by atoms with Gasteiger partial charge in [0.1, 0.15) is 10.8 Å². The molecule has 0 amide bonds. The molecule has 0 aliphatic heterocycles. The highest BCUT2D eigenvalue weighted by Crippen LogP contribution is 2.10. The van der Waals surface area contributed by atoms with Gasteiger partial charge in [-0.05, 0) is 24.0 Å². The second kappa shape index (κ2) is 4.52. The first-order valence-electron chi connectivity index (χ1n) is 4.24. The van der Waals surface area contributed by atoms with Gasteiger partial charge >= 0.3 is 0 Å². The lowest BCUT2D eigenvalue weighted by Gasteiger charge is -1.97. The van der Waals surface area contributed by atoms with Crippen LogP contribution in [0.5, 0.6) is 0 Å². The molecule has 1 aromatic heterocycles. The lowest BCUT2D eigenvalue weighted by atomic mass is 10.1. The van der Waals surface area contributed by atoms with Crippen LogP contribution in [-0.2, 0) is 12.8 Å². The minimum absolute atomic E-state index is 0.637. The van der Waals surface area contributed by atoms with Crippen LogP contribution in [0.3, 0.4) is 0 Å². The van der Waals surface area contributed by atoms with Gasteiger partial charge in [0, 0.05) is 12.8 Å². The Morgan fingerprint density at radius 1 is 1.50 bits per heavy atom. The van der Waals surface area contributed by atoms with E-state index in [2.05, 4.69) is 23.2 Å². The van der Waals surface area contributed by atoms with Crippen molar-refractivity contribution >= 4 is 11.5 Å². The van der Waals surface area contributed by atoms with Crippen molar-refractivity contribution in [2.75, 3.05) is 6.54 Å². The van der Waals surface area contributed by atoms with Crippen LogP contribution in [0.25, 0.3) is 0 Å². The van der Waals surface area contributed by atoms with Crippen molar-refractivity contribution in [3.8, 4) is 0 Å². The van der Waals surface area contributed by atoms with Gasteiger partial charge in [0.15, 0.2) is 0 Å². The normalized spacial score (nSPS) is 11.0. The molecule has 0 unspecified atom stereocenters. The fraction of sp³-hybridized carbons (Fsp3) is 0.750. The molecule has 0 saturated carbocycles. The molecule has 3 nitrogen and oxygen atoms in total. The highest BCUT2D eigenvalue weighted by molar-refractivity contribution is 7.05. The maximum absolute atomic E-state index is 5.40. The Hall–Kier alpha value is -0.480. The smallest absolute Gasteiger partial charge is 0.143 e. The first-order valence-corrected chi connectivity index (χ1v) is 5.01. The van der Waals surface area contributed by atoms with E-state index in [4.69, 9.17) is 5.73 Å². The molecule has 0 atom stereocenters. The number of rotatable bonds is 4. The summed E-state index contributed by atoms with van der Waals surface area (Å²) in [5.41, 5.74) is 5.40. The van der Waals surface area contributed by atoms with Gasteiger partial charge in [0.05, 0.1) is 0 Å². The summed E-state index contributed by atoms with van der Waals surface area (Å²) >= 11 is 1.50. The van der Waals surface area contributed by atoms with Gasteiger partial charge in [0.2, 0.25) is 0 Å². The van der Waals surface area contributed by atoms with Gasteiger partial charge in [-0.25, -0.2) is 4.98 Å². The van der Waals surface area contributed by atoms with E-state index in [-0.39, 0.29) is 0 Å². The fourth-order valence-corrected chi connectivity index (χ4v) is 1.85. The Labute approximate surface area is 77.2 Å². The molecular formula is C8H15N3S. The average molecular weight is 185 g/mol. The Kier molecular flexibility index (Phi) is 3.62. The third-order valence-corrected chi connectivity index (χ3v) is 2.23. The molecule has 0 fully saturated rings. The van der Waals surface area contributed by atoms with Gasteiger partial charge in [-0.1, -0.05) is 13.8 Å². The summed E-state index contributed by atoms with van der Waals surface area (Å²) in [7, 11) is 0. The van der Waals surface area contributed by atoms with Crippen molar-refractivity contribution in [2.24, 2.45) is 11.7 Å². The monoisotopic (exact) mass is 185 g/mol. The van der Waals surface area contributed by atoms with E-state index in [9.17, 15) is 0 Å². The molecular weight excluding hydrogens is 170 g/mol. The van der Waals surface area contributed by atoms with Crippen molar-refractivity contribution in [1.29, 1.82) is 0 Å². The molecule has 1 rings (SSSR count). The Morgan fingerprint density at radius 2 is 2.25 bits per heavy atom. The Balaban J connectivity index is 2.52. The maximum Gasteiger partial charge on any atom is 0.143 e. The second-order valence-corrected chi connectivity index (χ2v) is 4.08. The van der Waals surface area contributed by atoms with Gasteiger partial charge in [0.25, 0.3) is 0 Å². The second-order valence-electron chi connectivity index (χ2n) is 3.24. The van der Waals surface area contributed by atoms with Crippen LogP contribution >= 0.6 is 11.5 Å². The van der Waals surface area contributed by atoms with Crippen LogP contribution in [0.2, 0.25) is 0 Å². The predicted molar refractivity (Wildman–Crippen MR) is 51.2 cm³/mol. The summed E-state index contributed by atoms with van der Waals surface area (Å²) in [6.45, 7) is 5.01. The SMILES string of the molecule is CC(C)Cc1nc(CCN)ns1. The van der Waals surface area contributed by atoms with Crippen LogP contribution in [0, 0.1) is 5.92 Å². The molecule has 12 heavy (non-hydrogen) atoms. The van der Waals surface area contributed by atoms with Crippen molar-refractivity contribution in [3.63, 3.8) is 0 Å². The van der Waals surface area contributed by atoms with E-state index in [1.165, 1.54) is 11.5 Å². The summed E-state index contributed by atoms with van der Waals surface area (Å²) < 4.78 is 4.21. The van der Waals surface area contributed by atoms with Crippen LogP contribution in [0.1, 0.15) is 24.7 Å². The molecule has 2 N–H and O–H groups in total. The van der Waals surface area contributed by atoms with E-state index < -0.39 is 0 Å². The minimum Gasteiger partial charge on any atom is -0.330 e. The number of aromatic nitrogens is 2. The summed E-state index contributed by atoms with van der Waals surface area (Å²) in [5, 5.41) is 1.13.